The Bertz CT molecular complexity index is 1090. The van der Waals surface area contributed by atoms with Gasteiger partial charge in [-0.05, 0) is 48.7 Å². The Kier molecular flexibility index (Phi) is 6.41. The first-order valence-electron chi connectivity index (χ1n) is 10.3. The van der Waals surface area contributed by atoms with E-state index in [0.717, 1.165) is 22.4 Å². The van der Waals surface area contributed by atoms with Crippen LogP contribution in [0.25, 0.3) is 0 Å². The molecule has 0 spiro atoms. The number of hydrogen-bond donors (Lipinski definition) is 0. The van der Waals surface area contributed by atoms with Crippen molar-refractivity contribution in [2.75, 3.05) is 19.8 Å². The van der Waals surface area contributed by atoms with Gasteiger partial charge in [0.25, 0.3) is 10.1 Å². The van der Waals surface area contributed by atoms with E-state index in [1.54, 1.807) is 24.3 Å². The second-order valence-electron chi connectivity index (χ2n) is 7.91. The lowest BCUT2D eigenvalue weighted by Gasteiger charge is -2.42. The van der Waals surface area contributed by atoms with Crippen LogP contribution in [0.3, 0.4) is 0 Å². The van der Waals surface area contributed by atoms with Crippen molar-refractivity contribution in [3.63, 3.8) is 0 Å². The highest BCUT2D eigenvalue weighted by Gasteiger charge is 2.40. The smallest absolute Gasteiger partial charge is 0.296 e. The van der Waals surface area contributed by atoms with Gasteiger partial charge in [0.1, 0.15) is 12.4 Å². The number of rotatable bonds is 9. The topological polar surface area (TPSA) is 61.8 Å². The molecule has 0 aromatic heterocycles. The molecule has 0 amide bonds. The van der Waals surface area contributed by atoms with Gasteiger partial charge >= 0.3 is 0 Å². The molecule has 4 rings (SSSR count). The summed E-state index contributed by atoms with van der Waals surface area (Å²) < 4.78 is 41.5. The number of benzene rings is 3. The van der Waals surface area contributed by atoms with E-state index in [0.29, 0.717) is 26.2 Å². The molecule has 3 aromatic carbocycles. The highest BCUT2D eigenvalue weighted by Crippen LogP contribution is 2.37. The summed E-state index contributed by atoms with van der Waals surface area (Å²) in [5.74, 6) is 0.793. The predicted octanol–water partition coefficient (Wildman–Crippen LogP) is 4.64. The second kappa shape index (κ2) is 9.22. The van der Waals surface area contributed by atoms with Crippen molar-refractivity contribution in [3.05, 3.63) is 95.6 Å². The zero-order chi connectivity index (χ0) is 21.7. The Hall–Kier alpha value is -2.67. The van der Waals surface area contributed by atoms with Gasteiger partial charge in [0, 0.05) is 5.41 Å². The molecule has 1 saturated heterocycles. The van der Waals surface area contributed by atoms with Crippen molar-refractivity contribution >= 4 is 10.1 Å². The maximum Gasteiger partial charge on any atom is 0.296 e. The molecule has 1 aliphatic heterocycles. The van der Waals surface area contributed by atoms with E-state index in [1.807, 2.05) is 61.5 Å². The van der Waals surface area contributed by atoms with Crippen LogP contribution >= 0.6 is 0 Å². The van der Waals surface area contributed by atoms with Crippen LogP contribution in [0.2, 0.25) is 0 Å². The molecular weight excluding hydrogens is 412 g/mol. The molecule has 6 heteroatoms. The quantitative estimate of drug-likeness (QED) is 0.456. The number of hydrogen-bond acceptors (Lipinski definition) is 5. The van der Waals surface area contributed by atoms with E-state index >= 15 is 0 Å². The Balaban J connectivity index is 1.35. The van der Waals surface area contributed by atoms with Crippen LogP contribution in [0, 0.1) is 6.92 Å². The minimum absolute atomic E-state index is 0.103. The highest BCUT2D eigenvalue weighted by atomic mass is 32.2. The first-order valence-corrected chi connectivity index (χ1v) is 11.7. The molecule has 0 saturated carbocycles. The third kappa shape index (κ3) is 5.15. The minimum atomic E-state index is -3.77. The van der Waals surface area contributed by atoms with E-state index in [9.17, 15) is 8.42 Å². The summed E-state index contributed by atoms with van der Waals surface area (Å²) in [4.78, 5) is 0.178. The van der Waals surface area contributed by atoms with Crippen molar-refractivity contribution in [2.24, 2.45) is 0 Å². The van der Waals surface area contributed by atoms with Crippen molar-refractivity contribution in [1.29, 1.82) is 0 Å². The molecule has 5 nitrogen and oxygen atoms in total. The van der Waals surface area contributed by atoms with Crippen molar-refractivity contribution in [3.8, 4) is 5.75 Å². The van der Waals surface area contributed by atoms with Gasteiger partial charge < -0.3 is 9.47 Å². The minimum Gasteiger partial charge on any atom is -0.489 e. The lowest BCUT2D eigenvalue weighted by Crippen LogP contribution is -2.47. The standard InChI is InChI=1S/C25H26O5S/c1-20-7-13-24(14-8-20)31(26,27)30-16-15-25(18-28-19-25)22-9-11-23(12-10-22)29-17-21-5-3-2-4-6-21/h2-14H,15-19H2,1H3. The Morgan fingerprint density at radius 3 is 2.19 bits per heavy atom. The Morgan fingerprint density at radius 1 is 0.903 bits per heavy atom. The molecule has 0 aliphatic carbocycles. The maximum absolute atomic E-state index is 12.4. The zero-order valence-corrected chi connectivity index (χ0v) is 18.3. The third-order valence-electron chi connectivity index (χ3n) is 5.60. The van der Waals surface area contributed by atoms with Crippen molar-refractivity contribution in [1.82, 2.24) is 0 Å². The number of aryl methyl sites for hydroxylation is 1. The first kappa shape index (κ1) is 21.6. The van der Waals surface area contributed by atoms with Crippen molar-refractivity contribution < 1.29 is 22.1 Å². The van der Waals surface area contributed by atoms with Crippen LogP contribution in [0.1, 0.15) is 23.1 Å². The van der Waals surface area contributed by atoms with Gasteiger partial charge in [-0.1, -0.05) is 60.2 Å². The van der Waals surface area contributed by atoms with Gasteiger partial charge in [-0.15, -0.1) is 0 Å². The van der Waals surface area contributed by atoms with Crippen LogP contribution in [-0.2, 0) is 31.1 Å². The van der Waals surface area contributed by atoms with Gasteiger partial charge in [0.15, 0.2) is 0 Å². The molecule has 0 N–H and O–H groups in total. The van der Waals surface area contributed by atoms with Crippen LogP contribution in [0.15, 0.2) is 83.8 Å². The molecular formula is C25H26O5S. The molecule has 1 aliphatic rings. The van der Waals surface area contributed by atoms with E-state index in [1.165, 1.54) is 0 Å². The van der Waals surface area contributed by atoms with Crippen molar-refractivity contribution in [2.45, 2.75) is 30.3 Å². The Morgan fingerprint density at radius 2 is 1.58 bits per heavy atom. The van der Waals surface area contributed by atoms with Crippen LogP contribution in [0.4, 0.5) is 0 Å². The SMILES string of the molecule is Cc1ccc(S(=O)(=O)OCCC2(c3ccc(OCc4ccccc4)cc3)COC2)cc1. The average molecular weight is 439 g/mol. The van der Waals surface area contributed by atoms with Gasteiger partial charge in [-0.25, -0.2) is 0 Å². The monoisotopic (exact) mass is 438 g/mol. The van der Waals surface area contributed by atoms with Crippen LogP contribution in [-0.4, -0.2) is 28.2 Å². The average Bonchev–Trinajstić information content (AvgIpc) is 2.76. The van der Waals surface area contributed by atoms with E-state index in [4.69, 9.17) is 13.7 Å². The second-order valence-corrected chi connectivity index (χ2v) is 9.53. The molecule has 31 heavy (non-hydrogen) atoms. The summed E-state index contributed by atoms with van der Waals surface area (Å²) in [6.45, 7) is 3.62. The Labute approximate surface area is 183 Å². The molecule has 0 unspecified atom stereocenters. The van der Waals surface area contributed by atoms with Crippen LogP contribution in [0.5, 0.6) is 5.75 Å². The van der Waals surface area contributed by atoms with Gasteiger partial charge in [0.05, 0.1) is 24.7 Å². The molecule has 3 aromatic rings. The highest BCUT2D eigenvalue weighted by molar-refractivity contribution is 7.86. The first-order chi connectivity index (χ1) is 15.0. The third-order valence-corrected chi connectivity index (χ3v) is 6.93. The van der Waals surface area contributed by atoms with Crippen LogP contribution < -0.4 is 4.74 Å². The lowest BCUT2D eigenvalue weighted by atomic mass is 9.76. The summed E-state index contributed by atoms with van der Waals surface area (Å²) in [6.07, 6.45) is 0.558. The fourth-order valence-corrected chi connectivity index (χ4v) is 4.48. The van der Waals surface area contributed by atoms with Gasteiger partial charge in [-0.3, -0.25) is 4.18 Å². The molecule has 0 bridgehead atoms. The maximum atomic E-state index is 12.4. The fourth-order valence-electron chi connectivity index (χ4n) is 3.57. The van der Waals surface area contributed by atoms with E-state index in [-0.39, 0.29) is 16.9 Å². The van der Waals surface area contributed by atoms with Gasteiger partial charge in [0.2, 0.25) is 0 Å². The fraction of sp³-hybridized carbons (Fsp3) is 0.280. The summed E-state index contributed by atoms with van der Waals surface area (Å²) in [5.41, 5.74) is 2.98. The largest absolute Gasteiger partial charge is 0.489 e. The molecule has 0 atom stereocenters. The number of ether oxygens (including phenoxy) is 2. The predicted molar refractivity (Wildman–Crippen MR) is 119 cm³/mol. The van der Waals surface area contributed by atoms with E-state index < -0.39 is 10.1 Å². The molecule has 0 radical (unpaired) electrons. The van der Waals surface area contributed by atoms with E-state index in [2.05, 4.69) is 0 Å². The normalized spacial score (nSPS) is 15.3. The van der Waals surface area contributed by atoms with Gasteiger partial charge in [-0.2, -0.15) is 8.42 Å². The lowest BCUT2D eigenvalue weighted by molar-refractivity contribution is -0.0686. The molecule has 1 fully saturated rings. The summed E-state index contributed by atoms with van der Waals surface area (Å²) >= 11 is 0. The summed E-state index contributed by atoms with van der Waals surface area (Å²) in [5, 5.41) is 0. The summed E-state index contributed by atoms with van der Waals surface area (Å²) in [7, 11) is -3.77. The molecule has 1 heterocycles. The molecule has 162 valence electrons. The summed E-state index contributed by atoms with van der Waals surface area (Å²) in [6, 6.07) is 24.6. The zero-order valence-electron chi connectivity index (χ0n) is 17.5.